The minimum atomic E-state index is 0.678. The average molecular weight is 702 g/mol. The first-order chi connectivity index (χ1) is 27.2. The number of hydrogen-bond donors (Lipinski definition) is 0. The van der Waals surface area contributed by atoms with Gasteiger partial charge in [0.1, 0.15) is 11.1 Å². The van der Waals surface area contributed by atoms with Gasteiger partial charge in [0.15, 0.2) is 11.4 Å². The van der Waals surface area contributed by atoms with Crippen molar-refractivity contribution in [3.8, 4) is 56.2 Å². The van der Waals surface area contributed by atoms with Gasteiger partial charge >= 0.3 is 0 Å². The van der Waals surface area contributed by atoms with Crippen LogP contribution >= 0.6 is 0 Å². The zero-order valence-electron chi connectivity index (χ0n) is 29.6. The number of benzene rings is 8. The lowest BCUT2D eigenvalue weighted by Gasteiger charge is -2.13. The maximum Gasteiger partial charge on any atom is 0.162 e. The molecule has 4 nitrogen and oxygen atoms in total. The van der Waals surface area contributed by atoms with Crippen molar-refractivity contribution in [2.24, 2.45) is 0 Å². The largest absolute Gasteiger partial charge is 0.454 e. The van der Waals surface area contributed by atoms with Crippen LogP contribution < -0.4 is 0 Å². The number of para-hydroxylation sites is 2. The Bertz CT molecular complexity index is 3260. The lowest BCUT2D eigenvalue weighted by molar-refractivity contribution is 0.670. The number of aromatic nitrogens is 3. The van der Waals surface area contributed by atoms with E-state index in [0.717, 1.165) is 77.7 Å². The molecule has 8 aromatic carbocycles. The summed E-state index contributed by atoms with van der Waals surface area (Å²) in [4.78, 5) is 15.4. The minimum absolute atomic E-state index is 0.678. The summed E-state index contributed by atoms with van der Waals surface area (Å²) in [5.74, 6) is 0.678. The van der Waals surface area contributed by atoms with E-state index in [4.69, 9.17) is 19.4 Å². The smallest absolute Gasteiger partial charge is 0.162 e. The zero-order chi connectivity index (χ0) is 36.3. The Morgan fingerprint density at radius 2 is 0.982 bits per heavy atom. The van der Waals surface area contributed by atoms with Gasteiger partial charge in [0.2, 0.25) is 0 Å². The van der Waals surface area contributed by atoms with Crippen molar-refractivity contribution < 1.29 is 4.42 Å². The topological polar surface area (TPSA) is 51.8 Å². The zero-order valence-corrected chi connectivity index (χ0v) is 29.6. The van der Waals surface area contributed by atoms with Crippen LogP contribution in [-0.2, 0) is 0 Å². The first-order valence-corrected chi connectivity index (χ1v) is 18.5. The highest BCUT2D eigenvalue weighted by Crippen LogP contribution is 2.41. The molecule has 11 rings (SSSR count). The second-order valence-corrected chi connectivity index (χ2v) is 14.0. The predicted molar refractivity (Wildman–Crippen MR) is 227 cm³/mol. The molecule has 0 amide bonds. The lowest BCUT2D eigenvalue weighted by atomic mass is 9.92. The maximum atomic E-state index is 6.54. The quantitative estimate of drug-likeness (QED) is 0.168. The molecular formula is C51H31N3O. The van der Waals surface area contributed by atoms with E-state index in [2.05, 4.69) is 146 Å². The summed E-state index contributed by atoms with van der Waals surface area (Å²) in [7, 11) is 0. The lowest BCUT2D eigenvalue weighted by Crippen LogP contribution is -1.96. The molecule has 0 fully saturated rings. The second-order valence-electron chi connectivity index (χ2n) is 14.0. The first-order valence-electron chi connectivity index (χ1n) is 18.5. The van der Waals surface area contributed by atoms with Gasteiger partial charge in [0.25, 0.3) is 0 Å². The molecule has 256 valence electrons. The molecule has 0 aliphatic carbocycles. The summed E-state index contributed by atoms with van der Waals surface area (Å²) < 4.78 is 6.54. The Kier molecular flexibility index (Phi) is 7.14. The Labute approximate surface area is 317 Å². The minimum Gasteiger partial charge on any atom is -0.454 e. The number of nitrogens with zero attached hydrogens (tertiary/aromatic N) is 3. The molecule has 0 saturated heterocycles. The predicted octanol–water partition coefficient (Wildman–Crippen LogP) is 13.6. The third-order valence-corrected chi connectivity index (χ3v) is 10.7. The highest BCUT2D eigenvalue weighted by atomic mass is 16.3. The Balaban J connectivity index is 1.06. The van der Waals surface area contributed by atoms with Crippen LogP contribution in [0.15, 0.2) is 192 Å². The molecule has 0 unspecified atom stereocenters. The summed E-state index contributed by atoms with van der Waals surface area (Å²) in [6, 6.07) is 65.7. The van der Waals surface area contributed by atoms with Crippen LogP contribution in [0.4, 0.5) is 0 Å². The van der Waals surface area contributed by atoms with E-state index in [1.807, 2.05) is 42.5 Å². The molecule has 55 heavy (non-hydrogen) atoms. The molecule has 3 aromatic heterocycles. The monoisotopic (exact) mass is 701 g/mol. The molecule has 11 aromatic rings. The van der Waals surface area contributed by atoms with Crippen molar-refractivity contribution in [2.45, 2.75) is 0 Å². The molecule has 0 saturated carbocycles. The van der Waals surface area contributed by atoms with Crippen molar-refractivity contribution in [1.29, 1.82) is 0 Å². The van der Waals surface area contributed by atoms with Gasteiger partial charge in [-0.3, -0.25) is 0 Å². The van der Waals surface area contributed by atoms with Crippen molar-refractivity contribution >= 4 is 54.5 Å². The number of fused-ring (bicyclic) bond motifs is 7. The molecule has 0 atom stereocenters. The Morgan fingerprint density at radius 3 is 1.82 bits per heavy atom. The van der Waals surface area contributed by atoms with Crippen LogP contribution in [0.25, 0.3) is 111 Å². The highest BCUT2D eigenvalue weighted by Gasteiger charge is 2.19. The van der Waals surface area contributed by atoms with Gasteiger partial charge in [-0.2, -0.15) is 0 Å². The van der Waals surface area contributed by atoms with Crippen molar-refractivity contribution in [3.63, 3.8) is 0 Å². The first kappa shape index (κ1) is 31.1. The van der Waals surface area contributed by atoms with Crippen LogP contribution in [0.5, 0.6) is 0 Å². The summed E-state index contributed by atoms with van der Waals surface area (Å²) in [6.45, 7) is 0. The van der Waals surface area contributed by atoms with Crippen molar-refractivity contribution in [3.05, 3.63) is 188 Å². The molecule has 0 N–H and O–H groups in total. The van der Waals surface area contributed by atoms with Crippen LogP contribution in [0.2, 0.25) is 0 Å². The third-order valence-electron chi connectivity index (χ3n) is 10.7. The standard InChI is InChI=1S/C51H31N3O/c1-2-13-34(14-3-1)51-53-45(33-27-25-32(26-28-33)43-30-35-15-4-5-18-38(35)39-19-6-7-20-40(39)43)31-46(54-51)36-16-12-17-37(29-36)48-41-21-8-10-23-44(41)52-49-42-22-9-11-24-47(42)55-50(48)49/h1-31H. The van der Waals surface area contributed by atoms with E-state index in [1.54, 1.807) is 0 Å². The molecule has 0 aliphatic heterocycles. The third kappa shape index (κ3) is 5.26. The fourth-order valence-electron chi connectivity index (χ4n) is 8.03. The van der Waals surface area contributed by atoms with Crippen LogP contribution in [0, 0.1) is 0 Å². The summed E-state index contributed by atoms with van der Waals surface area (Å²) in [5, 5.41) is 7.05. The van der Waals surface area contributed by atoms with E-state index in [1.165, 1.54) is 27.1 Å². The SMILES string of the molecule is c1ccc(-c2nc(-c3ccc(-c4cc5ccccc5c5ccccc45)cc3)cc(-c3cccc(-c4c5ccccc5nc5c4oc4ccccc45)c3)n2)cc1. The summed E-state index contributed by atoms with van der Waals surface area (Å²) in [6.07, 6.45) is 0. The van der Waals surface area contributed by atoms with Gasteiger partial charge in [-0.05, 0) is 74.6 Å². The van der Waals surface area contributed by atoms with E-state index in [9.17, 15) is 0 Å². The molecule has 4 heteroatoms. The fraction of sp³-hybridized carbons (Fsp3) is 0. The van der Waals surface area contributed by atoms with Crippen LogP contribution in [0.1, 0.15) is 0 Å². The van der Waals surface area contributed by atoms with Gasteiger partial charge < -0.3 is 4.42 Å². The number of hydrogen-bond acceptors (Lipinski definition) is 4. The summed E-state index contributed by atoms with van der Waals surface area (Å²) in [5.41, 5.74) is 12.5. The fourth-order valence-corrected chi connectivity index (χ4v) is 8.03. The van der Waals surface area contributed by atoms with E-state index in [0.29, 0.717) is 5.82 Å². The summed E-state index contributed by atoms with van der Waals surface area (Å²) >= 11 is 0. The van der Waals surface area contributed by atoms with Gasteiger partial charge in [-0.25, -0.2) is 15.0 Å². The highest BCUT2D eigenvalue weighted by molar-refractivity contribution is 6.15. The van der Waals surface area contributed by atoms with E-state index in [-0.39, 0.29) is 0 Å². The second kappa shape index (κ2) is 12.6. The van der Waals surface area contributed by atoms with Crippen LogP contribution in [-0.4, -0.2) is 15.0 Å². The van der Waals surface area contributed by atoms with Gasteiger partial charge in [0, 0.05) is 33.0 Å². The van der Waals surface area contributed by atoms with E-state index < -0.39 is 0 Å². The normalized spacial score (nSPS) is 11.6. The van der Waals surface area contributed by atoms with Gasteiger partial charge in [-0.15, -0.1) is 0 Å². The number of rotatable bonds is 5. The molecule has 0 aliphatic rings. The van der Waals surface area contributed by atoms with Crippen molar-refractivity contribution in [2.75, 3.05) is 0 Å². The van der Waals surface area contributed by atoms with E-state index >= 15 is 0 Å². The van der Waals surface area contributed by atoms with Gasteiger partial charge in [0.05, 0.1) is 16.9 Å². The molecule has 0 bridgehead atoms. The Hall–Kier alpha value is -7.43. The van der Waals surface area contributed by atoms with Crippen molar-refractivity contribution in [1.82, 2.24) is 15.0 Å². The maximum absolute atomic E-state index is 6.54. The average Bonchev–Trinajstić information content (AvgIpc) is 3.63. The Morgan fingerprint density at radius 1 is 0.364 bits per heavy atom. The van der Waals surface area contributed by atoms with Gasteiger partial charge in [-0.1, -0.05) is 152 Å². The molecule has 3 heterocycles. The number of furan rings is 1. The van der Waals surface area contributed by atoms with Crippen LogP contribution in [0.3, 0.4) is 0 Å². The molecule has 0 spiro atoms. The molecule has 0 radical (unpaired) electrons. The molecular weight excluding hydrogens is 671 g/mol. The number of pyridine rings is 1.